The number of carbonyl (C=O) groups excluding carboxylic acids is 1. The van der Waals surface area contributed by atoms with E-state index in [9.17, 15) is 9.18 Å². The molecule has 2 aromatic rings. The second-order valence-electron chi connectivity index (χ2n) is 4.11. The predicted molar refractivity (Wildman–Crippen MR) is 68.7 cm³/mol. The van der Waals surface area contributed by atoms with Crippen LogP contribution in [0, 0.1) is 5.82 Å². The van der Waals surface area contributed by atoms with Gasteiger partial charge in [-0.3, -0.25) is 4.68 Å². The molecule has 0 aliphatic carbocycles. The molecule has 0 saturated heterocycles. The summed E-state index contributed by atoms with van der Waals surface area (Å²) in [6, 6.07) is 7.56. The molecule has 0 atom stereocenters. The van der Waals surface area contributed by atoms with Crippen LogP contribution in [0.15, 0.2) is 36.5 Å². The first-order valence-corrected chi connectivity index (χ1v) is 5.88. The maximum atomic E-state index is 12.7. The Morgan fingerprint density at radius 3 is 2.53 bits per heavy atom. The molecule has 0 saturated carbocycles. The molecule has 1 aromatic heterocycles. The van der Waals surface area contributed by atoms with Crippen molar-refractivity contribution in [3.63, 3.8) is 0 Å². The molecule has 1 aromatic carbocycles. The third-order valence-electron chi connectivity index (χ3n) is 2.72. The Hall–Kier alpha value is -2.37. The van der Waals surface area contributed by atoms with Gasteiger partial charge in [0, 0.05) is 19.8 Å². The number of halogens is 1. The number of amides is 2. The number of nitrogens with zero attached hydrogens (tertiary/aromatic N) is 2. The summed E-state index contributed by atoms with van der Waals surface area (Å²) in [4.78, 5) is 11.6. The van der Waals surface area contributed by atoms with Gasteiger partial charge in [-0.25, -0.2) is 9.18 Å². The molecule has 19 heavy (non-hydrogen) atoms. The quantitative estimate of drug-likeness (QED) is 0.878. The Balaban J connectivity index is 1.76. The molecule has 2 amide bonds. The van der Waals surface area contributed by atoms with Gasteiger partial charge in [0.25, 0.3) is 0 Å². The van der Waals surface area contributed by atoms with Crippen LogP contribution in [-0.2, 0) is 20.1 Å². The number of urea groups is 1. The summed E-state index contributed by atoms with van der Waals surface area (Å²) in [6.07, 6.45) is 1.67. The number of aryl methyl sites for hydroxylation is 1. The van der Waals surface area contributed by atoms with Gasteiger partial charge in [0.2, 0.25) is 0 Å². The van der Waals surface area contributed by atoms with Crippen molar-refractivity contribution < 1.29 is 9.18 Å². The fourth-order valence-corrected chi connectivity index (χ4v) is 1.59. The van der Waals surface area contributed by atoms with Crippen molar-refractivity contribution >= 4 is 6.03 Å². The largest absolute Gasteiger partial charge is 0.334 e. The van der Waals surface area contributed by atoms with Gasteiger partial charge in [-0.05, 0) is 23.8 Å². The fourth-order valence-electron chi connectivity index (χ4n) is 1.59. The highest BCUT2D eigenvalue weighted by Gasteiger charge is 2.03. The van der Waals surface area contributed by atoms with Gasteiger partial charge in [-0.2, -0.15) is 5.10 Å². The first-order valence-electron chi connectivity index (χ1n) is 5.88. The first kappa shape index (κ1) is 13.1. The van der Waals surface area contributed by atoms with Crippen LogP contribution in [0.25, 0.3) is 0 Å². The zero-order valence-corrected chi connectivity index (χ0v) is 10.6. The van der Waals surface area contributed by atoms with Crippen molar-refractivity contribution in [1.82, 2.24) is 20.4 Å². The van der Waals surface area contributed by atoms with Gasteiger partial charge in [0.15, 0.2) is 0 Å². The van der Waals surface area contributed by atoms with Crippen molar-refractivity contribution in [2.75, 3.05) is 0 Å². The van der Waals surface area contributed by atoms with E-state index in [-0.39, 0.29) is 11.8 Å². The summed E-state index contributed by atoms with van der Waals surface area (Å²) in [5.41, 5.74) is 1.76. The minimum Gasteiger partial charge on any atom is -0.334 e. The number of hydrogen-bond donors (Lipinski definition) is 2. The number of hydrogen-bond acceptors (Lipinski definition) is 2. The van der Waals surface area contributed by atoms with E-state index in [1.165, 1.54) is 12.1 Å². The Kier molecular flexibility index (Phi) is 4.12. The lowest BCUT2D eigenvalue weighted by Gasteiger charge is -2.08. The molecule has 0 spiro atoms. The van der Waals surface area contributed by atoms with Gasteiger partial charge in [-0.1, -0.05) is 12.1 Å². The topological polar surface area (TPSA) is 59.0 Å². The number of nitrogens with one attached hydrogen (secondary N) is 2. The van der Waals surface area contributed by atoms with E-state index in [0.717, 1.165) is 11.3 Å². The van der Waals surface area contributed by atoms with Gasteiger partial charge in [0.05, 0.1) is 12.2 Å². The highest BCUT2D eigenvalue weighted by molar-refractivity contribution is 5.73. The van der Waals surface area contributed by atoms with Crippen LogP contribution in [-0.4, -0.2) is 15.8 Å². The summed E-state index contributed by atoms with van der Waals surface area (Å²) in [5, 5.41) is 9.43. The minimum atomic E-state index is -0.288. The molecule has 0 fully saturated rings. The van der Waals surface area contributed by atoms with E-state index >= 15 is 0 Å². The molecule has 0 aliphatic heterocycles. The van der Waals surface area contributed by atoms with E-state index in [0.29, 0.717) is 13.1 Å². The van der Waals surface area contributed by atoms with E-state index < -0.39 is 0 Å². The standard InChI is InChI=1S/C13H15FN4O/c1-18-12(6-7-17-18)9-16-13(19)15-8-10-2-4-11(14)5-3-10/h2-7H,8-9H2,1H3,(H2,15,16,19). The fraction of sp³-hybridized carbons (Fsp3) is 0.231. The third kappa shape index (κ3) is 3.80. The number of rotatable bonds is 4. The molecule has 6 heteroatoms. The average molecular weight is 262 g/mol. The van der Waals surface area contributed by atoms with E-state index in [1.54, 1.807) is 23.0 Å². The van der Waals surface area contributed by atoms with Crippen molar-refractivity contribution in [1.29, 1.82) is 0 Å². The molecule has 0 unspecified atom stereocenters. The molecule has 2 rings (SSSR count). The lowest BCUT2D eigenvalue weighted by molar-refractivity contribution is 0.240. The van der Waals surface area contributed by atoms with Crippen LogP contribution in [0.3, 0.4) is 0 Å². The van der Waals surface area contributed by atoms with Crippen LogP contribution >= 0.6 is 0 Å². The molecule has 100 valence electrons. The summed E-state index contributed by atoms with van der Waals surface area (Å²) in [6.45, 7) is 0.767. The highest BCUT2D eigenvalue weighted by atomic mass is 19.1. The van der Waals surface area contributed by atoms with Crippen molar-refractivity contribution in [2.45, 2.75) is 13.1 Å². The monoisotopic (exact) mass is 262 g/mol. The first-order chi connectivity index (χ1) is 9.15. The van der Waals surface area contributed by atoms with Crippen LogP contribution in [0.1, 0.15) is 11.3 Å². The summed E-state index contributed by atoms with van der Waals surface area (Å²) in [7, 11) is 1.81. The zero-order valence-electron chi connectivity index (χ0n) is 10.6. The predicted octanol–water partition coefficient (Wildman–Crippen LogP) is 1.56. The van der Waals surface area contributed by atoms with Crippen LogP contribution in [0.4, 0.5) is 9.18 Å². The van der Waals surface area contributed by atoms with Crippen LogP contribution in [0.2, 0.25) is 0 Å². The molecule has 1 heterocycles. The zero-order chi connectivity index (χ0) is 13.7. The average Bonchev–Trinajstić information content (AvgIpc) is 2.81. The van der Waals surface area contributed by atoms with Gasteiger partial charge in [-0.15, -0.1) is 0 Å². The summed E-state index contributed by atoms with van der Waals surface area (Å²) < 4.78 is 14.4. The molecule has 2 N–H and O–H groups in total. The maximum absolute atomic E-state index is 12.7. The second-order valence-corrected chi connectivity index (χ2v) is 4.11. The minimum absolute atomic E-state index is 0.273. The van der Waals surface area contributed by atoms with E-state index in [4.69, 9.17) is 0 Å². The van der Waals surface area contributed by atoms with Gasteiger partial charge in [0.1, 0.15) is 5.82 Å². The van der Waals surface area contributed by atoms with Crippen LogP contribution < -0.4 is 10.6 Å². The van der Waals surface area contributed by atoms with Gasteiger partial charge >= 0.3 is 6.03 Å². The normalized spacial score (nSPS) is 10.2. The number of benzene rings is 1. The highest BCUT2D eigenvalue weighted by Crippen LogP contribution is 2.02. The molecule has 0 bridgehead atoms. The van der Waals surface area contributed by atoms with Crippen molar-refractivity contribution in [3.8, 4) is 0 Å². The number of aromatic nitrogens is 2. The Bertz CT molecular complexity index is 550. The molecular formula is C13H15FN4O. The Morgan fingerprint density at radius 2 is 1.89 bits per heavy atom. The van der Waals surface area contributed by atoms with Crippen molar-refractivity contribution in [2.24, 2.45) is 7.05 Å². The van der Waals surface area contributed by atoms with Gasteiger partial charge < -0.3 is 10.6 Å². The molecule has 5 nitrogen and oxygen atoms in total. The SMILES string of the molecule is Cn1nccc1CNC(=O)NCc1ccc(F)cc1. The Labute approximate surface area is 110 Å². The molecule has 0 radical (unpaired) electrons. The lowest BCUT2D eigenvalue weighted by Crippen LogP contribution is -2.35. The molecule has 0 aliphatic rings. The molecular weight excluding hydrogens is 247 g/mol. The lowest BCUT2D eigenvalue weighted by atomic mass is 10.2. The Morgan fingerprint density at radius 1 is 1.21 bits per heavy atom. The van der Waals surface area contributed by atoms with Crippen LogP contribution in [0.5, 0.6) is 0 Å². The summed E-state index contributed by atoms with van der Waals surface area (Å²) >= 11 is 0. The number of carbonyl (C=O) groups is 1. The second kappa shape index (κ2) is 5.99. The van der Waals surface area contributed by atoms with E-state index in [1.807, 2.05) is 13.1 Å². The smallest absolute Gasteiger partial charge is 0.315 e. The third-order valence-corrected chi connectivity index (χ3v) is 2.72. The summed E-state index contributed by atoms with van der Waals surface area (Å²) in [5.74, 6) is -0.288. The maximum Gasteiger partial charge on any atom is 0.315 e. The van der Waals surface area contributed by atoms with Crippen molar-refractivity contribution in [3.05, 3.63) is 53.6 Å². The van der Waals surface area contributed by atoms with E-state index in [2.05, 4.69) is 15.7 Å².